The number of thioether (sulfide) groups is 1. The van der Waals surface area contributed by atoms with E-state index in [4.69, 9.17) is 28.4 Å². The number of hydrogen-bond donors (Lipinski definition) is 0. The Balaban J connectivity index is 1.78. The zero-order valence-corrected chi connectivity index (χ0v) is 21.8. The van der Waals surface area contributed by atoms with Gasteiger partial charge in [0.2, 0.25) is 0 Å². The monoisotopic (exact) mass is 504 g/mol. The third-order valence-corrected chi connectivity index (χ3v) is 7.48. The van der Waals surface area contributed by atoms with Crippen molar-refractivity contribution >= 4 is 11.8 Å². The van der Waals surface area contributed by atoms with Crippen LogP contribution in [0.15, 0.2) is 60.7 Å². The lowest BCUT2D eigenvalue weighted by molar-refractivity contribution is -0.193. The van der Waals surface area contributed by atoms with Gasteiger partial charge in [0.15, 0.2) is 0 Å². The molecule has 4 atom stereocenters. The second-order valence-corrected chi connectivity index (χ2v) is 9.81. The van der Waals surface area contributed by atoms with Crippen LogP contribution in [0.4, 0.5) is 0 Å². The van der Waals surface area contributed by atoms with Gasteiger partial charge in [-0.15, -0.1) is 0 Å². The van der Waals surface area contributed by atoms with Crippen LogP contribution in [0.25, 0.3) is 0 Å². The first-order valence-corrected chi connectivity index (χ1v) is 13.5. The van der Waals surface area contributed by atoms with Gasteiger partial charge < -0.3 is 28.4 Å². The predicted octanol–water partition coefficient (Wildman–Crippen LogP) is 4.46. The Morgan fingerprint density at radius 1 is 0.629 bits per heavy atom. The minimum Gasteiger partial charge on any atom is -0.382 e. The fraction of sp³-hybridized carbons (Fsp3) is 0.571. The molecule has 0 saturated carbocycles. The highest BCUT2D eigenvalue weighted by Crippen LogP contribution is 2.34. The molecular weight excluding hydrogens is 464 g/mol. The minimum absolute atomic E-state index is 0.118. The first-order valence-electron chi connectivity index (χ1n) is 12.3. The van der Waals surface area contributed by atoms with Gasteiger partial charge in [-0.05, 0) is 35.5 Å². The molecule has 4 unspecified atom stereocenters. The maximum atomic E-state index is 6.46. The molecule has 0 radical (unpaired) electrons. The molecule has 1 aliphatic rings. The quantitative estimate of drug-likeness (QED) is 0.247. The Labute approximate surface area is 214 Å². The molecule has 1 heterocycles. The molecule has 35 heavy (non-hydrogen) atoms. The second-order valence-electron chi connectivity index (χ2n) is 8.74. The Hall–Kier alpha value is -1.45. The van der Waals surface area contributed by atoms with Crippen LogP contribution in [0.5, 0.6) is 0 Å². The van der Waals surface area contributed by atoms with Crippen LogP contribution in [0.3, 0.4) is 0 Å². The molecule has 0 bridgehead atoms. The Kier molecular flexibility index (Phi) is 13.7. The van der Waals surface area contributed by atoms with Crippen molar-refractivity contribution in [2.24, 2.45) is 11.8 Å². The zero-order valence-electron chi connectivity index (χ0n) is 21.0. The van der Waals surface area contributed by atoms with E-state index >= 15 is 0 Å². The summed E-state index contributed by atoms with van der Waals surface area (Å²) in [5, 5.41) is 0. The summed E-state index contributed by atoms with van der Waals surface area (Å²) in [6, 6.07) is 21.2. The largest absolute Gasteiger partial charge is 0.382 e. The summed E-state index contributed by atoms with van der Waals surface area (Å²) >= 11 is 1.99. The smallest absolute Gasteiger partial charge is 0.147 e. The number of ether oxygens (including phenoxy) is 6. The van der Waals surface area contributed by atoms with Crippen molar-refractivity contribution in [3.63, 3.8) is 0 Å². The van der Waals surface area contributed by atoms with E-state index < -0.39 is 0 Å². The van der Waals surface area contributed by atoms with Gasteiger partial charge in [-0.3, -0.25) is 0 Å². The Morgan fingerprint density at radius 2 is 1.06 bits per heavy atom. The summed E-state index contributed by atoms with van der Waals surface area (Å²) in [5.74, 6) is 2.59. The van der Waals surface area contributed by atoms with Crippen molar-refractivity contribution in [2.75, 3.05) is 65.7 Å². The normalized spacial score (nSPS) is 22.7. The maximum Gasteiger partial charge on any atom is 0.147 e. The SMILES string of the molecule is COCCOCOC1C(Cc2ccccc2)CSCC(Cc2ccccc2)C1OCOCCOC. The van der Waals surface area contributed by atoms with Crippen molar-refractivity contribution in [3.8, 4) is 0 Å². The fourth-order valence-electron chi connectivity index (χ4n) is 4.40. The van der Waals surface area contributed by atoms with Crippen LogP contribution in [-0.2, 0) is 41.3 Å². The van der Waals surface area contributed by atoms with Crippen molar-refractivity contribution in [2.45, 2.75) is 25.0 Å². The minimum atomic E-state index is -0.118. The molecule has 194 valence electrons. The summed E-state index contributed by atoms with van der Waals surface area (Å²) in [6.07, 6.45) is 1.62. The molecule has 6 nitrogen and oxygen atoms in total. The fourth-order valence-corrected chi connectivity index (χ4v) is 5.76. The third kappa shape index (κ3) is 10.2. The summed E-state index contributed by atoms with van der Waals surface area (Å²) in [5.41, 5.74) is 2.62. The summed E-state index contributed by atoms with van der Waals surface area (Å²) < 4.78 is 34.6. The molecule has 0 aliphatic carbocycles. The van der Waals surface area contributed by atoms with Gasteiger partial charge >= 0.3 is 0 Å². The van der Waals surface area contributed by atoms with Crippen molar-refractivity contribution < 1.29 is 28.4 Å². The summed E-state index contributed by atoms with van der Waals surface area (Å²) in [7, 11) is 3.34. The van der Waals surface area contributed by atoms with E-state index in [1.54, 1.807) is 14.2 Å². The first-order chi connectivity index (χ1) is 17.3. The van der Waals surface area contributed by atoms with E-state index in [1.165, 1.54) is 11.1 Å². The maximum absolute atomic E-state index is 6.46. The third-order valence-electron chi connectivity index (χ3n) is 6.15. The first kappa shape index (κ1) is 28.1. The molecule has 0 spiro atoms. The van der Waals surface area contributed by atoms with Crippen molar-refractivity contribution in [1.82, 2.24) is 0 Å². The van der Waals surface area contributed by atoms with Gasteiger partial charge in [0.25, 0.3) is 0 Å². The molecule has 2 aromatic rings. The average Bonchev–Trinajstić information content (AvgIpc) is 3.04. The summed E-state index contributed by atoms with van der Waals surface area (Å²) in [6.45, 7) is 2.52. The van der Waals surface area contributed by atoms with Crippen molar-refractivity contribution in [3.05, 3.63) is 71.8 Å². The average molecular weight is 505 g/mol. The van der Waals surface area contributed by atoms with E-state index in [9.17, 15) is 0 Å². The van der Waals surface area contributed by atoms with Gasteiger partial charge in [0.05, 0.1) is 38.6 Å². The summed E-state index contributed by atoms with van der Waals surface area (Å²) in [4.78, 5) is 0. The molecule has 1 saturated heterocycles. The second kappa shape index (κ2) is 17.1. The van der Waals surface area contributed by atoms with Gasteiger partial charge in [0.1, 0.15) is 13.6 Å². The molecule has 3 rings (SSSR count). The van der Waals surface area contributed by atoms with Gasteiger partial charge in [-0.1, -0.05) is 60.7 Å². The standard InChI is InChI=1S/C28H40O6S/c1-29-13-15-31-21-33-27-25(17-23-9-5-3-6-10-23)19-35-20-26(18-24-11-7-4-8-12-24)28(27)34-22-32-16-14-30-2/h3-12,25-28H,13-22H2,1-2H3. The molecule has 1 aliphatic heterocycles. The zero-order chi connectivity index (χ0) is 24.6. The van der Waals surface area contributed by atoms with Crippen molar-refractivity contribution in [1.29, 1.82) is 0 Å². The van der Waals surface area contributed by atoms with E-state index in [-0.39, 0.29) is 37.6 Å². The molecule has 0 amide bonds. The topological polar surface area (TPSA) is 55.4 Å². The van der Waals surface area contributed by atoms with Crippen LogP contribution in [0, 0.1) is 11.8 Å². The lowest BCUT2D eigenvalue weighted by Crippen LogP contribution is -2.44. The molecule has 1 fully saturated rings. The molecule has 0 N–H and O–H groups in total. The molecular formula is C28H40O6S. The van der Waals surface area contributed by atoms with Crippen LogP contribution >= 0.6 is 11.8 Å². The number of benzene rings is 2. The Morgan fingerprint density at radius 3 is 1.46 bits per heavy atom. The lowest BCUT2D eigenvalue weighted by atomic mass is 9.85. The van der Waals surface area contributed by atoms with Gasteiger partial charge in [-0.25, -0.2) is 0 Å². The number of hydrogen-bond acceptors (Lipinski definition) is 7. The highest BCUT2D eigenvalue weighted by Gasteiger charge is 2.39. The van der Waals surface area contributed by atoms with Gasteiger partial charge in [-0.2, -0.15) is 11.8 Å². The number of methoxy groups -OCH3 is 2. The highest BCUT2D eigenvalue weighted by molar-refractivity contribution is 7.99. The van der Waals surface area contributed by atoms with E-state index in [0.717, 1.165) is 24.3 Å². The molecule has 7 heteroatoms. The number of rotatable bonds is 16. The van der Waals surface area contributed by atoms with Crippen LogP contribution in [-0.4, -0.2) is 77.9 Å². The van der Waals surface area contributed by atoms with Crippen LogP contribution < -0.4 is 0 Å². The lowest BCUT2D eigenvalue weighted by Gasteiger charge is -2.35. The molecule has 0 aromatic heterocycles. The molecule has 2 aromatic carbocycles. The Bertz CT molecular complexity index is 712. The predicted molar refractivity (Wildman–Crippen MR) is 140 cm³/mol. The highest BCUT2D eigenvalue weighted by atomic mass is 32.2. The van der Waals surface area contributed by atoms with Crippen LogP contribution in [0.1, 0.15) is 11.1 Å². The van der Waals surface area contributed by atoms with E-state index in [0.29, 0.717) is 26.4 Å². The van der Waals surface area contributed by atoms with E-state index in [2.05, 4.69) is 60.7 Å². The van der Waals surface area contributed by atoms with E-state index in [1.807, 2.05) is 11.8 Å². The van der Waals surface area contributed by atoms with Crippen LogP contribution in [0.2, 0.25) is 0 Å². The van der Waals surface area contributed by atoms with Gasteiger partial charge in [0, 0.05) is 26.1 Å².